The van der Waals surface area contributed by atoms with Gasteiger partial charge >= 0.3 is 6.09 Å². The summed E-state index contributed by atoms with van der Waals surface area (Å²) in [5, 5.41) is 0. The molecule has 3 nitrogen and oxygen atoms in total. The first-order valence-electron chi connectivity index (χ1n) is 8.62. The molecule has 0 bridgehead atoms. The fourth-order valence-corrected chi connectivity index (χ4v) is 3.14. The second-order valence-corrected chi connectivity index (χ2v) is 7.67. The van der Waals surface area contributed by atoms with E-state index >= 15 is 0 Å². The number of carbonyl (C=O) groups is 1. The van der Waals surface area contributed by atoms with Crippen LogP contribution >= 0.6 is 0 Å². The van der Waals surface area contributed by atoms with Crippen LogP contribution in [0.5, 0.6) is 0 Å². The van der Waals surface area contributed by atoms with Crippen LogP contribution in [0, 0.1) is 13.8 Å². The first-order chi connectivity index (χ1) is 11.7. The summed E-state index contributed by atoms with van der Waals surface area (Å²) in [6.07, 6.45) is 1.77. The molecule has 2 aromatic carbocycles. The van der Waals surface area contributed by atoms with Gasteiger partial charge < -0.3 is 4.74 Å². The van der Waals surface area contributed by atoms with Crippen molar-refractivity contribution in [2.24, 2.45) is 0 Å². The summed E-state index contributed by atoms with van der Waals surface area (Å²) in [6.45, 7) is 10.3. The lowest BCUT2D eigenvalue weighted by Gasteiger charge is -2.32. The molecule has 1 amide bonds. The van der Waals surface area contributed by atoms with Gasteiger partial charge in [0.1, 0.15) is 5.60 Å². The van der Waals surface area contributed by atoms with E-state index in [9.17, 15) is 4.79 Å². The summed E-state index contributed by atoms with van der Waals surface area (Å²) < 4.78 is 5.65. The average Bonchev–Trinajstić information content (AvgIpc) is 2.51. The SMILES string of the molecule is Cc1cc(C)cc(C2=Cc3ccccc3CN2C(=O)OC(C)(C)C)c1. The minimum absolute atomic E-state index is 0.313. The molecule has 0 radical (unpaired) electrons. The van der Waals surface area contributed by atoms with Gasteiger partial charge in [-0.25, -0.2) is 4.79 Å². The second kappa shape index (κ2) is 6.40. The zero-order chi connectivity index (χ0) is 18.2. The number of amides is 1. The summed E-state index contributed by atoms with van der Waals surface area (Å²) in [4.78, 5) is 14.6. The Balaban J connectivity index is 2.08. The van der Waals surface area contributed by atoms with Gasteiger partial charge in [0, 0.05) is 0 Å². The van der Waals surface area contributed by atoms with E-state index in [-0.39, 0.29) is 6.09 Å². The molecule has 0 saturated carbocycles. The van der Waals surface area contributed by atoms with Crippen molar-refractivity contribution >= 4 is 17.9 Å². The maximum absolute atomic E-state index is 12.8. The van der Waals surface area contributed by atoms with E-state index in [1.165, 1.54) is 11.1 Å². The molecule has 1 aliphatic rings. The van der Waals surface area contributed by atoms with Gasteiger partial charge in [0.05, 0.1) is 12.2 Å². The molecule has 0 aliphatic carbocycles. The van der Waals surface area contributed by atoms with E-state index in [2.05, 4.69) is 50.3 Å². The number of hydrogen-bond acceptors (Lipinski definition) is 2. The predicted molar refractivity (Wildman–Crippen MR) is 102 cm³/mol. The Hall–Kier alpha value is -2.55. The van der Waals surface area contributed by atoms with Crippen LogP contribution in [0.15, 0.2) is 42.5 Å². The molecule has 25 heavy (non-hydrogen) atoms. The Morgan fingerprint density at radius 1 is 1.04 bits per heavy atom. The lowest BCUT2D eigenvalue weighted by atomic mass is 9.96. The third-order valence-electron chi connectivity index (χ3n) is 4.10. The standard InChI is InChI=1S/C22H25NO2/c1-15-10-16(2)12-19(11-15)20-13-17-8-6-7-9-18(17)14-23(20)21(24)25-22(3,4)5/h6-13H,14H2,1-5H3. The smallest absolute Gasteiger partial charge is 0.415 e. The highest BCUT2D eigenvalue weighted by Gasteiger charge is 2.29. The van der Waals surface area contributed by atoms with Crippen LogP contribution in [0.1, 0.15) is 48.6 Å². The highest BCUT2D eigenvalue weighted by atomic mass is 16.6. The number of ether oxygens (including phenoxy) is 1. The van der Waals surface area contributed by atoms with Crippen LogP contribution in [0.3, 0.4) is 0 Å². The first-order valence-corrected chi connectivity index (χ1v) is 8.62. The maximum atomic E-state index is 12.8. The minimum atomic E-state index is -0.526. The quantitative estimate of drug-likeness (QED) is 0.683. The minimum Gasteiger partial charge on any atom is -0.443 e. The van der Waals surface area contributed by atoms with Gasteiger partial charge in [0.15, 0.2) is 0 Å². The molecular weight excluding hydrogens is 310 g/mol. The summed E-state index contributed by atoms with van der Waals surface area (Å²) in [6, 6.07) is 14.5. The zero-order valence-corrected chi connectivity index (χ0v) is 15.6. The van der Waals surface area contributed by atoms with E-state index in [0.717, 1.165) is 22.4 Å². The summed E-state index contributed by atoms with van der Waals surface area (Å²) in [5.41, 5.74) is 6.04. The topological polar surface area (TPSA) is 29.5 Å². The van der Waals surface area contributed by atoms with Gasteiger partial charge in [-0.1, -0.05) is 41.5 Å². The number of carbonyl (C=O) groups excluding carboxylic acids is 1. The van der Waals surface area contributed by atoms with E-state index in [0.29, 0.717) is 6.54 Å². The second-order valence-electron chi connectivity index (χ2n) is 7.67. The molecule has 0 aromatic heterocycles. The van der Waals surface area contributed by atoms with Crippen molar-refractivity contribution in [3.63, 3.8) is 0 Å². The third kappa shape index (κ3) is 3.93. The molecule has 3 heteroatoms. The van der Waals surface area contributed by atoms with Crippen molar-refractivity contribution in [1.29, 1.82) is 0 Å². The maximum Gasteiger partial charge on any atom is 0.415 e. The van der Waals surface area contributed by atoms with E-state index in [1.807, 2.05) is 32.9 Å². The number of fused-ring (bicyclic) bond motifs is 1. The largest absolute Gasteiger partial charge is 0.443 e. The molecule has 1 aliphatic heterocycles. The Kier molecular flexibility index (Phi) is 4.42. The van der Waals surface area contributed by atoms with Crippen molar-refractivity contribution in [3.05, 3.63) is 70.3 Å². The molecule has 0 atom stereocenters. The molecule has 0 fully saturated rings. The van der Waals surface area contributed by atoms with E-state index in [4.69, 9.17) is 4.74 Å². The van der Waals surface area contributed by atoms with E-state index in [1.54, 1.807) is 4.90 Å². The molecular formula is C22H25NO2. The van der Waals surface area contributed by atoms with Crippen molar-refractivity contribution in [3.8, 4) is 0 Å². The average molecular weight is 335 g/mol. The van der Waals surface area contributed by atoms with Gasteiger partial charge in [-0.2, -0.15) is 0 Å². The Morgan fingerprint density at radius 3 is 2.32 bits per heavy atom. The van der Waals surface area contributed by atoms with Gasteiger partial charge in [-0.05, 0) is 69.5 Å². The van der Waals surface area contributed by atoms with Crippen LogP contribution in [0.2, 0.25) is 0 Å². The van der Waals surface area contributed by atoms with E-state index < -0.39 is 5.60 Å². The lowest BCUT2D eigenvalue weighted by Crippen LogP contribution is -2.36. The summed E-state index contributed by atoms with van der Waals surface area (Å²) in [7, 11) is 0. The van der Waals surface area contributed by atoms with Gasteiger partial charge in [0.2, 0.25) is 0 Å². The van der Waals surface area contributed by atoms with Crippen molar-refractivity contribution in [2.45, 2.75) is 46.8 Å². The molecule has 130 valence electrons. The Morgan fingerprint density at radius 2 is 1.68 bits per heavy atom. The Labute approximate surface area is 149 Å². The fourth-order valence-electron chi connectivity index (χ4n) is 3.14. The Bertz CT molecular complexity index is 823. The molecule has 2 aromatic rings. The summed E-state index contributed by atoms with van der Waals surface area (Å²) in [5.74, 6) is 0. The molecule has 0 spiro atoms. The molecule has 0 unspecified atom stereocenters. The number of nitrogens with zero attached hydrogens (tertiary/aromatic N) is 1. The zero-order valence-electron chi connectivity index (χ0n) is 15.6. The highest BCUT2D eigenvalue weighted by Crippen LogP contribution is 2.33. The summed E-state index contributed by atoms with van der Waals surface area (Å²) >= 11 is 0. The monoisotopic (exact) mass is 335 g/mol. The number of aryl methyl sites for hydroxylation is 2. The number of benzene rings is 2. The fraction of sp³-hybridized carbons (Fsp3) is 0.318. The third-order valence-corrected chi connectivity index (χ3v) is 4.10. The molecule has 0 saturated heterocycles. The predicted octanol–water partition coefficient (Wildman–Crippen LogP) is 5.55. The van der Waals surface area contributed by atoms with Crippen molar-refractivity contribution in [1.82, 2.24) is 4.90 Å². The van der Waals surface area contributed by atoms with Crippen LogP contribution in [0.25, 0.3) is 11.8 Å². The molecule has 3 rings (SSSR count). The van der Waals surface area contributed by atoms with Gasteiger partial charge in [-0.15, -0.1) is 0 Å². The number of hydrogen-bond donors (Lipinski definition) is 0. The van der Waals surface area contributed by atoms with Gasteiger partial charge in [0.25, 0.3) is 0 Å². The van der Waals surface area contributed by atoms with Crippen LogP contribution in [-0.2, 0) is 11.3 Å². The lowest BCUT2D eigenvalue weighted by molar-refractivity contribution is 0.0341. The normalized spacial score (nSPS) is 14.0. The van der Waals surface area contributed by atoms with Crippen LogP contribution in [0.4, 0.5) is 4.79 Å². The van der Waals surface area contributed by atoms with Crippen LogP contribution in [-0.4, -0.2) is 16.6 Å². The molecule has 0 N–H and O–H groups in total. The highest BCUT2D eigenvalue weighted by molar-refractivity contribution is 5.92. The van der Waals surface area contributed by atoms with Crippen molar-refractivity contribution < 1.29 is 9.53 Å². The van der Waals surface area contributed by atoms with Crippen LogP contribution < -0.4 is 0 Å². The molecule has 1 heterocycles. The first kappa shape index (κ1) is 17.3. The van der Waals surface area contributed by atoms with Gasteiger partial charge in [-0.3, -0.25) is 4.90 Å². The number of rotatable bonds is 1. The van der Waals surface area contributed by atoms with Crippen molar-refractivity contribution in [2.75, 3.05) is 0 Å².